The summed E-state index contributed by atoms with van der Waals surface area (Å²) in [5.41, 5.74) is 0. The van der Waals surface area contributed by atoms with E-state index in [0.29, 0.717) is 13.0 Å². The minimum Gasteiger partial charge on any atom is -0.356 e. The van der Waals surface area contributed by atoms with Gasteiger partial charge in [-0.1, -0.05) is 6.08 Å². The number of aliphatic imine (C=N–C) groups is 1. The van der Waals surface area contributed by atoms with Crippen LogP contribution in [0.5, 0.6) is 0 Å². The molecule has 0 spiro atoms. The van der Waals surface area contributed by atoms with Crippen LogP contribution in [0.3, 0.4) is 0 Å². The van der Waals surface area contributed by atoms with Gasteiger partial charge in [-0.15, -0.1) is 6.58 Å². The Morgan fingerprint density at radius 1 is 1.53 bits per heavy atom. The molecular weight excluding hydrogens is 193 g/mol. The summed E-state index contributed by atoms with van der Waals surface area (Å²) >= 11 is 0. The molecular formula is C11H22FN3. The minimum atomic E-state index is -0.288. The largest absolute Gasteiger partial charge is 0.356 e. The van der Waals surface area contributed by atoms with E-state index in [1.807, 2.05) is 18.0 Å². The van der Waals surface area contributed by atoms with Crippen molar-refractivity contribution >= 4 is 5.96 Å². The molecule has 0 aliphatic rings. The topological polar surface area (TPSA) is 27.6 Å². The maximum absolute atomic E-state index is 11.9. The van der Waals surface area contributed by atoms with Gasteiger partial charge in [0.1, 0.15) is 0 Å². The monoisotopic (exact) mass is 215 g/mol. The van der Waals surface area contributed by atoms with Crippen LogP contribution in [0.4, 0.5) is 4.39 Å². The minimum absolute atomic E-state index is 0.288. The standard InChI is InChI=1S/C11H22FN3/c1-4-5-6-10-15(3)11(13-2)14-9-7-8-12/h4H,1,5-10H2,2-3H3,(H,13,14). The summed E-state index contributed by atoms with van der Waals surface area (Å²) in [6.45, 7) is 4.96. The van der Waals surface area contributed by atoms with Gasteiger partial charge in [0, 0.05) is 27.2 Å². The van der Waals surface area contributed by atoms with Crippen LogP contribution in [-0.2, 0) is 0 Å². The van der Waals surface area contributed by atoms with E-state index in [1.165, 1.54) is 0 Å². The Kier molecular flexibility index (Phi) is 8.82. The number of rotatable bonds is 7. The lowest BCUT2D eigenvalue weighted by atomic mass is 10.3. The second-order valence-electron chi connectivity index (χ2n) is 3.37. The number of nitrogens with one attached hydrogen (secondary N) is 1. The van der Waals surface area contributed by atoms with Crippen LogP contribution in [0.1, 0.15) is 19.3 Å². The van der Waals surface area contributed by atoms with Crippen LogP contribution >= 0.6 is 0 Å². The zero-order chi connectivity index (χ0) is 11.5. The molecule has 0 heterocycles. The van der Waals surface area contributed by atoms with Crippen molar-refractivity contribution in [2.75, 3.05) is 33.9 Å². The normalized spacial score (nSPS) is 11.3. The van der Waals surface area contributed by atoms with Crippen molar-refractivity contribution in [3.8, 4) is 0 Å². The summed E-state index contributed by atoms with van der Waals surface area (Å²) in [6.07, 6.45) is 4.50. The lowest BCUT2D eigenvalue weighted by Crippen LogP contribution is -2.39. The van der Waals surface area contributed by atoms with E-state index in [-0.39, 0.29) is 6.67 Å². The first-order valence-electron chi connectivity index (χ1n) is 5.35. The number of hydrogen-bond donors (Lipinski definition) is 1. The van der Waals surface area contributed by atoms with Gasteiger partial charge in [0.15, 0.2) is 5.96 Å². The van der Waals surface area contributed by atoms with Gasteiger partial charge in [0.05, 0.1) is 6.67 Å². The predicted octanol–water partition coefficient (Wildman–Crippen LogP) is 1.82. The number of alkyl halides is 1. The van der Waals surface area contributed by atoms with E-state index in [2.05, 4.69) is 16.9 Å². The summed E-state index contributed by atoms with van der Waals surface area (Å²) in [4.78, 5) is 6.17. The number of guanidine groups is 1. The Hall–Kier alpha value is -1.06. The molecule has 0 amide bonds. The zero-order valence-corrected chi connectivity index (χ0v) is 9.80. The number of nitrogens with zero attached hydrogens (tertiary/aromatic N) is 2. The highest BCUT2D eigenvalue weighted by Gasteiger charge is 2.03. The van der Waals surface area contributed by atoms with Crippen LogP contribution in [0.25, 0.3) is 0 Å². The third-order valence-corrected chi connectivity index (χ3v) is 2.07. The molecule has 88 valence electrons. The van der Waals surface area contributed by atoms with Gasteiger partial charge in [0.2, 0.25) is 0 Å². The maximum atomic E-state index is 11.9. The van der Waals surface area contributed by atoms with Crippen LogP contribution in [0, 0.1) is 0 Å². The molecule has 0 bridgehead atoms. The number of hydrogen-bond acceptors (Lipinski definition) is 1. The van der Waals surface area contributed by atoms with Crippen LogP contribution in [0.15, 0.2) is 17.6 Å². The van der Waals surface area contributed by atoms with Crippen molar-refractivity contribution in [1.29, 1.82) is 0 Å². The molecule has 0 radical (unpaired) electrons. The van der Waals surface area contributed by atoms with Crippen molar-refractivity contribution < 1.29 is 4.39 Å². The average molecular weight is 215 g/mol. The molecule has 0 saturated heterocycles. The van der Waals surface area contributed by atoms with Crippen molar-refractivity contribution in [2.24, 2.45) is 4.99 Å². The van der Waals surface area contributed by atoms with Gasteiger partial charge in [0.25, 0.3) is 0 Å². The summed E-state index contributed by atoms with van der Waals surface area (Å²) in [7, 11) is 3.72. The molecule has 0 aromatic carbocycles. The number of allylic oxidation sites excluding steroid dienone is 1. The lowest BCUT2D eigenvalue weighted by Gasteiger charge is -2.21. The summed E-state index contributed by atoms with van der Waals surface area (Å²) in [6, 6.07) is 0. The third kappa shape index (κ3) is 6.94. The molecule has 0 aromatic heterocycles. The Morgan fingerprint density at radius 2 is 2.27 bits per heavy atom. The van der Waals surface area contributed by atoms with Crippen molar-refractivity contribution in [2.45, 2.75) is 19.3 Å². The van der Waals surface area contributed by atoms with Crippen LogP contribution in [0.2, 0.25) is 0 Å². The first-order valence-corrected chi connectivity index (χ1v) is 5.35. The van der Waals surface area contributed by atoms with E-state index in [9.17, 15) is 4.39 Å². The smallest absolute Gasteiger partial charge is 0.193 e. The molecule has 0 aliphatic heterocycles. The second kappa shape index (κ2) is 9.49. The maximum Gasteiger partial charge on any atom is 0.193 e. The molecule has 0 aliphatic carbocycles. The van der Waals surface area contributed by atoms with Gasteiger partial charge < -0.3 is 10.2 Å². The fourth-order valence-corrected chi connectivity index (χ4v) is 1.23. The summed E-state index contributed by atoms with van der Waals surface area (Å²) in [5.74, 6) is 0.826. The molecule has 3 nitrogen and oxygen atoms in total. The molecule has 1 N–H and O–H groups in total. The first kappa shape index (κ1) is 13.9. The molecule has 0 saturated carbocycles. The highest BCUT2D eigenvalue weighted by molar-refractivity contribution is 5.79. The van der Waals surface area contributed by atoms with Crippen molar-refractivity contribution in [1.82, 2.24) is 10.2 Å². The quantitative estimate of drug-likeness (QED) is 0.303. The Balaban J connectivity index is 3.78. The van der Waals surface area contributed by atoms with Gasteiger partial charge in [-0.3, -0.25) is 9.38 Å². The Labute approximate surface area is 92.1 Å². The molecule has 15 heavy (non-hydrogen) atoms. The van der Waals surface area contributed by atoms with Gasteiger partial charge in [-0.2, -0.15) is 0 Å². The molecule has 0 rings (SSSR count). The van der Waals surface area contributed by atoms with Crippen LogP contribution in [-0.4, -0.2) is 44.7 Å². The summed E-state index contributed by atoms with van der Waals surface area (Å²) < 4.78 is 11.9. The highest BCUT2D eigenvalue weighted by Crippen LogP contribution is 1.94. The molecule has 0 atom stereocenters. The van der Waals surface area contributed by atoms with Gasteiger partial charge in [-0.25, -0.2) is 0 Å². The Bertz CT molecular complexity index is 192. The summed E-state index contributed by atoms with van der Waals surface area (Å²) in [5, 5.41) is 3.11. The lowest BCUT2D eigenvalue weighted by molar-refractivity contribution is 0.449. The second-order valence-corrected chi connectivity index (χ2v) is 3.37. The van der Waals surface area contributed by atoms with Crippen molar-refractivity contribution in [3.05, 3.63) is 12.7 Å². The highest BCUT2D eigenvalue weighted by atomic mass is 19.1. The fraction of sp³-hybridized carbons (Fsp3) is 0.727. The van der Waals surface area contributed by atoms with E-state index in [0.717, 1.165) is 25.3 Å². The molecule has 0 unspecified atom stereocenters. The average Bonchev–Trinajstić information content (AvgIpc) is 2.24. The third-order valence-electron chi connectivity index (χ3n) is 2.07. The zero-order valence-electron chi connectivity index (χ0n) is 9.80. The molecule has 0 aromatic rings. The van der Waals surface area contributed by atoms with Gasteiger partial charge >= 0.3 is 0 Å². The van der Waals surface area contributed by atoms with Crippen molar-refractivity contribution in [3.63, 3.8) is 0 Å². The number of unbranched alkanes of at least 4 members (excludes halogenated alkanes) is 1. The SMILES string of the molecule is C=CCCCN(C)C(=NC)NCCCF. The van der Waals surface area contributed by atoms with Crippen LogP contribution < -0.4 is 5.32 Å². The van der Waals surface area contributed by atoms with Gasteiger partial charge in [-0.05, 0) is 19.3 Å². The molecule has 4 heteroatoms. The number of halogens is 1. The Morgan fingerprint density at radius 3 is 2.80 bits per heavy atom. The van der Waals surface area contributed by atoms with E-state index in [4.69, 9.17) is 0 Å². The van der Waals surface area contributed by atoms with E-state index in [1.54, 1.807) is 7.05 Å². The fourth-order valence-electron chi connectivity index (χ4n) is 1.23. The van der Waals surface area contributed by atoms with E-state index >= 15 is 0 Å². The first-order chi connectivity index (χ1) is 7.26. The molecule has 0 fully saturated rings. The predicted molar refractivity (Wildman–Crippen MR) is 64.0 cm³/mol. The van der Waals surface area contributed by atoms with E-state index < -0.39 is 0 Å².